The van der Waals surface area contributed by atoms with E-state index in [1.54, 1.807) is 12.1 Å². The Morgan fingerprint density at radius 3 is 2.53 bits per heavy atom. The van der Waals surface area contributed by atoms with Gasteiger partial charge < -0.3 is 10.4 Å². The molecule has 0 saturated carbocycles. The first-order valence-electron chi connectivity index (χ1n) is 5.76. The van der Waals surface area contributed by atoms with E-state index in [1.165, 1.54) is 12.1 Å². The Bertz CT molecular complexity index is 318. The smallest absolute Gasteiger partial charge is 0.123 e. The number of hydrogen-bond acceptors (Lipinski definition) is 3. The minimum atomic E-state index is -0.572. The Kier molecular flexibility index (Phi) is 6.55. The van der Waals surface area contributed by atoms with Crippen molar-refractivity contribution in [1.82, 2.24) is 5.32 Å². The van der Waals surface area contributed by atoms with Crippen LogP contribution in [0.3, 0.4) is 0 Å². The molecule has 0 bridgehead atoms. The summed E-state index contributed by atoms with van der Waals surface area (Å²) in [5.41, 5.74) is 0.747. The molecule has 2 unspecified atom stereocenters. The molecule has 0 fully saturated rings. The van der Waals surface area contributed by atoms with Crippen molar-refractivity contribution in [2.75, 3.05) is 25.1 Å². The first-order valence-corrected chi connectivity index (χ1v) is 7.16. The van der Waals surface area contributed by atoms with Gasteiger partial charge >= 0.3 is 0 Å². The van der Waals surface area contributed by atoms with Crippen LogP contribution < -0.4 is 5.32 Å². The van der Waals surface area contributed by atoms with Gasteiger partial charge in [0.25, 0.3) is 0 Å². The fourth-order valence-electron chi connectivity index (χ4n) is 1.61. The van der Waals surface area contributed by atoms with Gasteiger partial charge in [-0.3, -0.25) is 0 Å². The molecular weight excluding hydrogens is 237 g/mol. The van der Waals surface area contributed by atoms with Gasteiger partial charge in [0.15, 0.2) is 0 Å². The second-order valence-electron chi connectivity index (χ2n) is 4.29. The SMILES string of the molecule is CSCC(C)CNCC(O)c1ccc(F)cc1. The van der Waals surface area contributed by atoms with E-state index in [9.17, 15) is 9.50 Å². The Morgan fingerprint density at radius 1 is 1.29 bits per heavy atom. The molecular formula is C13H20FNOS. The van der Waals surface area contributed by atoms with Crippen molar-refractivity contribution in [1.29, 1.82) is 0 Å². The highest BCUT2D eigenvalue weighted by molar-refractivity contribution is 7.98. The van der Waals surface area contributed by atoms with Gasteiger partial charge in [0, 0.05) is 6.54 Å². The Hall–Kier alpha value is -0.580. The Balaban J connectivity index is 2.29. The second kappa shape index (κ2) is 7.69. The number of rotatable bonds is 7. The molecule has 4 heteroatoms. The zero-order chi connectivity index (χ0) is 12.7. The van der Waals surface area contributed by atoms with Crippen molar-refractivity contribution in [2.24, 2.45) is 5.92 Å². The molecule has 1 rings (SSSR count). The summed E-state index contributed by atoms with van der Waals surface area (Å²) in [5, 5.41) is 13.1. The zero-order valence-electron chi connectivity index (χ0n) is 10.3. The van der Waals surface area contributed by atoms with Crippen molar-refractivity contribution in [2.45, 2.75) is 13.0 Å². The molecule has 2 atom stereocenters. The van der Waals surface area contributed by atoms with Crippen LogP contribution in [0.2, 0.25) is 0 Å². The molecule has 0 aliphatic heterocycles. The lowest BCUT2D eigenvalue weighted by Gasteiger charge is -2.15. The maximum atomic E-state index is 12.7. The van der Waals surface area contributed by atoms with Crippen molar-refractivity contribution < 1.29 is 9.50 Å². The molecule has 1 aromatic rings. The van der Waals surface area contributed by atoms with E-state index in [0.717, 1.165) is 17.9 Å². The van der Waals surface area contributed by atoms with Crippen LogP contribution in [0.5, 0.6) is 0 Å². The minimum Gasteiger partial charge on any atom is -0.387 e. The summed E-state index contributed by atoms with van der Waals surface area (Å²) < 4.78 is 12.7. The molecule has 17 heavy (non-hydrogen) atoms. The average Bonchev–Trinajstić information content (AvgIpc) is 2.30. The van der Waals surface area contributed by atoms with E-state index >= 15 is 0 Å². The zero-order valence-corrected chi connectivity index (χ0v) is 11.1. The molecule has 0 aliphatic carbocycles. The highest BCUT2D eigenvalue weighted by atomic mass is 32.2. The van der Waals surface area contributed by atoms with Crippen LogP contribution in [-0.2, 0) is 0 Å². The van der Waals surface area contributed by atoms with Gasteiger partial charge in [0.1, 0.15) is 5.82 Å². The summed E-state index contributed by atoms with van der Waals surface area (Å²) in [7, 11) is 0. The number of aliphatic hydroxyl groups excluding tert-OH is 1. The lowest BCUT2D eigenvalue weighted by molar-refractivity contribution is 0.173. The molecule has 0 heterocycles. The molecule has 0 amide bonds. The summed E-state index contributed by atoms with van der Waals surface area (Å²) in [4.78, 5) is 0. The fourth-order valence-corrected chi connectivity index (χ4v) is 2.30. The van der Waals surface area contributed by atoms with E-state index in [2.05, 4.69) is 18.5 Å². The first-order chi connectivity index (χ1) is 8.13. The van der Waals surface area contributed by atoms with Crippen molar-refractivity contribution >= 4 is 11.8 Å². The lowest BCUT2D eigenvalue weighted by Crippen LogP contribution is -2.27. The van der Waals surface area contributed by atoms with Crippen LogP contribution in [0.15, 0.2) is 24.3 Å². The highest BCUT2D eigenvalue weighted by Gasteiger charge is 2.08. The predicted octanol–water partition coefficient (Wildman–Crippen LogP) is 2.45. The van der Waals surface area contributed by atoms with Crippen LogP contribution in [0.1, 0.15) is 18.6 Å². The van der Waals surface area contributed by atoms with Gasteiger partial charge in [-0.25, -0.2) is 4.39 Å². The third-order valence-corrected chi connectivity index (χ3v) is 3.44. The van der Waals surface area contributed by atoms with Gasteiger partial charge in [-0.2, -0.15) is 11.8 Å². The van der Waals surface area contributed by atoms with Crippen molar-refractivity contribution in [3.63, 3.8) is 0 Å². The molecule has 0 aromatic heterocycles. The molecule has 2 N–H and O–H groups in total. The second-order valence-corrected chi connectivity index (χ2v) is 5.20. The topological polar surface area (TPSA) is 32.3 Å². The molecule has 2 nitrogen and oxygen atoms in total. The lowest BCUT2D eigenvalue weighted by atomic mass is 10.1. The average molecular weight is 257 g/mol. The number of benzene rings is 1. The van der Waals surface area contributed by atoms with E-state index in [4.69, 9.17) is 0 Å². The van der Waals surface area contributed by atoms with E-state index in [-0.39, 0.29) is 5.82 Å². The van der Waals surface area contributed by atoms with Gasteiger partial charge in [-0.1, -0.05) is 19.1 Å². The Labute approximate surface area is 107 Å². The molecule has 1 aromatic carbocycles. The summed E-state index contributed by atoms with van der Waals surface area (Å²) in [5.74, 6) is 1.42. The minimum absolute atomic E-state index is 0.275. The van der Waals surface area contributed by atoms with Crippen molar-refractivity contribution in [3.05, 3.63) is 35.6 Å². The van der Waals surface area contributed by atoms with Crippen LogP contribution in [0.4, 0.5) is 4.39 Å². The number of thioether (sulfide) groups is 1. The van der Waals surface area contributed by atoms with Gasteiger partial charge in [-0.15, -0.1) is 0 Å². The van der Waals surface area contributed by atoms with Crippen LogP contribution in [0.25, 0.3) is 0 Å². The number of nitrogens with one attached hydrogen (secondary N) is 1. The monoisotopic (exact) mass is 257 g/mol. The first kappa shape index (κ1) is 14.5. The fraction of sp³-hybridized carbons (Fsp3) is 0.538. The molecule has 0 aliphatic rings. The Morgan fingerprint density at radius 2 is 1.94 bits per heavy atom. The number of aliphatic hydroxyl groups is 1. The van der Waals surface area contributed by atoms with E-state index in [0.29, 0.717) is 12.5 Å². The van der Waals surface area contributed by atoms with Crippen LogP contribution >= 0.6 is 11.8 Å². The largest absolute Gasteiger partial charge is 0.387 e. The maximum Gasteiger partial charge on any atom is 0.123 e. The third kappa shape index (κ3) is 5.52. The van der Waals surface area contributed by atoms with Gasteiger partial charge in [-0.05, 0) is 42.2 Å². The van der Waals surface area contributed by atoms with Crippen molar-refractivity contribution in [3.8, 4) is 0 Å². The standard InChI is InChI=1S/C13H20FNOS/c1-10(9-17-2)7-15-8-13(16)11-3-5-12(14)6-4-11/h3-6,10,13,15-16H,7-9H2,1-2H3. The quantitative estimate of drug-likeness (QED) is 0.787. The van der Waals surface area contributed by atoms with Gasteiger partial charge in [0.05, 0.1) is 6.10 Å². The summed E-state index contributed by atoms with van der Waals surface area (Å²) in [6.45, 7) is 3.57. The maximum absolute atomic E-state index is 12.7. The summed E-state index contributed by atoms with van der Waals surface area (Å²) >= 11 is 1.82. The van der Waals surface area contributed by atoms with Gasteiger partial charge in [0.2, 0.25) is 0 Å². The normalized spacial score (nSPS) is 14.6. The van der Waals surface area contributed by atoms with Crippen LogP contribution in [0, 0.1) is 11.7 Å². The van der Waals surface area contributed by atoms with E-state index in [1.807, 2.05) is 11.8 Å². The summed E-state index contributed by atoms with van der Waals surface area (Å²) in [6, 6.07) is 5.98. The van der Waals surface area contributed by atoms with E-state index < -0.39 is 6.10 Å². The van der Waals surface area contributed by atoms with Crippen LogP contribution in [-0.4, -0.2) is 30.2 Å². The summed E-state index contributed by atoms with van der Waals surface area (Å²) in [6.07, 6.45) is 1.52. The number of hydrogen-bond donors (Lipinski definition) is 2. The highest BCUT2D eigenvalue weighted by Crippen LogP contribution is 2.12. The molecule has 96 valence electrons. The molecule has 0 radical (unpaired) electrons. The predicted molar refractivity (Wildman–Crippen MR) is 71.8 cm³/mol. The molecule has 0 spiro atoms. The third-order valence-electron chi connectivity index (χ3n) is 2.54. The number of halogens is 1. The molecule has 0 saturated heterocycles.